The van der Waals surface area contributed by atoms with Gasteiger partial charge in [-0.25, -0.2) is 0 Å². The quantitative estimate of drug-likeness (QED) is 0.836. The topological polar surface area (TPSA) is 15.3 Å². The predicted octanol–water partition coefficient (Wildman–Crippen LogP) is 2.74. The highest BCUT2D eigenvalue weighted by Gasteiger charge is 2.36. The van der Waals surface area contributed by atoms with Crippen molar-refractivity contribution < 1.29 is 0 Å². The molecule has 0 radical (unpaired) electrons. The SMILES string of the molecule is CSC1(CN2CCCNC(C)(C)C2)CCCC1. The average molecular weight is 256 g/mol. The molecule has 0 bridgehead atoms. The summed E-state index contributed by atoms with van der Waals surface area (Å²) in [5.41, 5.74) is 0.286. The second-order valence-corrected chi connectivity index (χ2v) is 7.74. The van der Waals surface area contributed by atoms with E-state index in [1.165, 1.54) is 58.3 Å². The van der Waals surface area contributed by atoms with Crippen LogP contribution in [0.5, 0.6) is 0 Å². The lowest BCUT2D eigenvalue weighted by molar-refractivity contribution is 0.211. The maximum absolute atomic E-state index is 3.66. The van der Waals surface area contributed by atoms with E-state index >= 15 is 0 Å². The summed E-state index contributed by atoms with van der Waals surface area (Å²) in [5, 5.41) is 3.66. The molecular weight excluding hydrogens is 228 g/mol. The fraction of sp³-hybridized carbons (Fsp3) is 1.00. The van der Waals surface area contributed by atoms with Crippen LogP contribution in [0.15, 0.2) is 0 Å². The van der Waals surface area contributed by atoms with Crippen LogP contribution in [-0.4, -0.2) is 47.6 Å². The smallest absolute Gasteiger partial charge is 0.0284 e. The second kappa shape index (κ2) is 5.50. The second-order valence-electron chi connectivity index (χ2n) is 6.47. The minimum Gasteiger partial charge on any atom is -0.310 e. The normalized spacial score (nSPS) is 29.1. The molecule has 3 heteroatoms. The molecular formula is C14H28N2S. The molecule has 1 N–H and O–H groups in total. The zero-order chi connectivity index (χ0) is 12.4. The molecule has 2 fully saturated rings. The Kier molecular flexibility index (Phi) is 4.43. The van der Waals surface area contributed by atoms with E-state index in [1.807, 2.05) is 0 Å². The van der Waals surface area contributed by atoms with Crippen LogP contribution >= 0.6 is 11.8 Å². The van der Waals surface area contributed by atoms with Crippen molar-refractivity contribution in [3.05, 3.63) is 0 Å². The lowest BCUT2D eigenvalue weighted by atomic mass is 10.0. The molecule has 2 aliphatic rings. The van der Waals surface area contributed by atoms with Crippen LogP contribution in [-0.2, 0) is 0 Å². The summed E-state index contributed by atoms with van der Waals surface area (Å²) >= 11 is 2.12. The van der Waals surface area contributed by atoms with E-state index in [0.29, 0.717) is 4.75 Å². The highest BCUT2D eigenvalue weighted by molar-refractivity contribution is 8.00. The van der Waals surface area contributed by atoms with Crippen molar-refractivity contribution in [2.45, 2.75) is 56.2 Å². The van der Waals surface area contributed by atoms with Gasteiger partial charge in [-0.05, 0) is 52.5 Å². The summed E-state index contributed by atoms with van der Waals surface area (Å²) in [5.74, 6) is 0. The molecule has 2 rings (SSSR count). The van der Waals surface area contributed by atoms with Crippen LogP contribution in [0.2, 0.25) is 0 Å². The summed E-state index contributed by atoms with van der Waals surface area (Å²) in [4.78, 5) is 2.71. The van der Waals surface area contributed by atoms with Crippen LogP contribution in [0.3, 0.4) is 0 Å². The minimum atomic E-state index is 0.286. The standard InChI is InChI=1S/C14H28N2S/c1-13(2)11-16(10-6-9-15-13)12-14(17-3)7-4-5-8-14/h15H,4-12H2,1-3H3. The van der Waals surface area contributed by atoms with Crippen LogP contribution in [0, 0.1) is 0 Å². The number of nitrogens with one attached hydrogen (secondary N) is 1. The van der Waals surface area contributed by atoms with Gasteiger partial charge in [-0.2, -0.15) is 11.8 Å². The van der Waals surface area contributed by atoms with Gasteiger partial charge in [0.25, 0.3) is 0 Å². The van der Waals surface area contributed by atoms with Crippen molar-refractivity contribution in [1.29, 1.82) is 0 Å². The third kappa shape index (κ3) is 3.62. The summed E-state index contributed by atoms with van der Waals surface area (Å²) in [7, 11) is 0. The number of hydrogen-bond donors (Lipinski definition) is 1. The highest BCUT2D eigenvalue weighted by Crippen LogP contribution is 2.41. The van der Waals surface area contributed by atoms with Crippen molar-refractivity contribution in [3.8, 4) is 0 Å². The van der Waals surface area contributed by atoms with Gasteiger partial charge in [0, 0.05) is 23.4 Å². The van der Waals surface area contributed by atoms with Crippen LogP contribution in [0.4, 0.5) is 0 Å². The van der Waals surface area contributed by atoms with E-state index in [1.54, 1.807) is 0 Å². The zero-order valence-corrected chi connectivity index (χ0v) is 12.5. The first kappa shape index (κ1) is 13.7. The van der Waals surface area contributed by atoms with E-state index in [9.17, 15) is 0 Å². The van der Waals surface area contributed by atoms with E-state index in [-0.39, 0.29) is 5.54 Å². The van der Waals surface area contributed by atoms with E-state index in [4.69, 9.17) is 0 Å². The van der Waals surface area contributed by atoms with E-state index in [2.05, 4.69) is 42.1 Å². The molecule has 0 aromatic carbocycles. The maximum atomic E-state index is 3.66. The van der Waals surface area contributed by atoms with Crippen molar-refractivity contribution >= 4 is 11.8 Å². The van der Waals surface area contributed by atoms with Crippen molar-refractivity contribution in [2.24, 2.45) is 0 Å². The largest absolute Gasteiger partial charge is 0.310 e. The predicted molar refractivity (Wildman–Crippen MR) is 77.9 cm³/mol. The van der Waals surface area contributed by atoms with Gasteiger partial charge < -0.3 is 10.2 Å². The van der Waals surface area contributed by atoms with Crippen molar-refractivity contribution in [3.63, 3.8) is 0 Å². The molecule has 1 saturated carbocycles. The average Bonchev–Trinajstić information content (AvgIpc) is 2.66. The Morgan fingerprint density at radius 3 is 2.53 bits per heavy atom. The summed E-state index contributed by atoms with van der Waals surface area (Å²) < 4.78 is 0.570. The lowest BCUT2D eigenvalue weighted by Gasteiger charge is -2.36. The van der Waals surface area contributed by atoms with Gasteiger partial charge in [0.1, 0.15) is 0 Å². The fourth-order valence-electron chi connectivity index (χ4n) is 3.41. The van der Waals surface area contributed by atoms with Gasteiger partial charge >= 0.3 is 0 Å². The molecule has 1 aliphatic carbocycles. The van der Waals surface area contributed by atoms with Gasteiger partial charge in [-0.1, -0.05) is 12.8 Å². The third-order valence-corrected chi connectivity index (χ3v) is 5.74. The maximum Gasteiger partial charge on any atom is 0.0284 e. The monoisotopic (exact) mass is 256 g/mol. The molecule has 17 heavy (non-hydrogen) atoms. The number of hydrogen-bond acceptors (Lipinski definition) is 3. The summed E-state index contributed by atoms with van der Waals surface area (Å²) in [6.07, 6.45) is 9.35. The Morgan fingerprint density at radius 2 is 1.88 bits per heavy atom. The minimum absolute atomic E-state index is 0.286. The first-order valence-electron chi connectivity index (χ1n) is 7.08. The van der Waals surface area contributed by atoms with Gasteiger partial charge in [0.15, 0.2) is 0 Å². The van der Waals surface area contributed by atoms with E-state index < -0.39 is 0 Å². The first-order chi connectivity index (χ1) is 8.05. The molecule has 1 aliphatic heterocycles. The molecule has 1 saturated heterocycles. The molecule has 1 heterocycles. The van der Waals surface area contributed by atoms with E-state index in [0.717, 1.165) is 0 Å². The molecule has 0 unspecified atom stereocenters. The number of thioether (sulfide) groups is 1. The van der Waals surface area contributed by atoms with Gasteiger partial charge in [-0.15, -0.1) is 0 Å². The fourth-order valence-corrected chi connectivity index (χ4v) is 4.42. The Hall–Kier alpha value is 0.270. The van der Waals surface area contributed by atoms with Crippen molar-refractivity contribution in [1.82, 2.24) is 10.2 Å². The Bertz CT molecular complexity index is 247. The summed E-state index contributed by atoms with van der Waals surface area (Å²) in [6, 6.07) is 0. The summed E-state index contributed by atoms with van der Waals surface area (Å²) in [6.45, 7) is 9.64. The van der Waals surface area contributed by atoms with Gasteiger partial charge in [-0.3, -0.25) is 0 Å². The number of rotatable bonds is 3. The molecule has 0 aromatic rings. The first-order valence-corrected chi connectivity index (χ1v) is 8.30. The lowest BCUT2D eigenvalue weighted by Crippen LogP contribution is -2.49. The number of nitrogens with zero attached hydrogens (tertiary/aromatic N) is 1. The van der Waals surface area contributed by atoms with Gasteiger partial charge in [0.2, 0.25) is 0 Å². The van der Waals surface area contributed by atoms with Crippen LogP contribution in [0.25, 0.3) is 0 Å². The Labute approximate surface area is 111 Å². The molecule has 0 spiro atoms. The Balaban J connectivity index is 1.96. The molecule has 100 valence electrons. The van der Waals surface area contributed by atoms with Gasteiger partial charge in [0.05, 0.1) is 0 Å². The third-order valence-electron chi connectivity index (χ3n) is 4.33. The van der Waals surface area contributed by atoms with Crippen LogP contribution < -0.4 is 5.32 Å². The zero-order valence-electron chi connectivity index (χ0n) is 11.7. The molecule has 0 aromatic heterocycles. The molecule has 0 amide bonds. The molecule has 0 atom stereocenters. The highest BCUT2D eigenvalue weighted by atomic mass is 32.2. The van der Waals surface area contributed by atoms with Crippen molar-refractivity contribution in [2.75, 3.05) is 32.4 Å². The molecule has 2 nitrogen and oxygen atoms in total. The Morgan fingerprint density at radius 1 is 1.18 bits per heavy atom. The van der Waals surface area contributed by atoms with Crippen LogP contribution in [0.1, 0.15) is 46.0 Å².